The van der Waals surface area contributed by atoms with Gasteiger partial charge in [0, 0.05) is 28.7 Å². The van der Waals surface area contributed by atoms with E-state index in [1.54, 1.807) is 12.1 Å². The van der Waals surface area contributed by atoms with E-state index >= 15 is 0 Å². The van der Waals surface area contributed by atoms with Gasteiger partial charge in [-0.3, -0.25) is 9.97 Å². The second kappa shape index (κ2) is 4.64. The number of hydrogen-bond donors (Lipinski definition) is 4. The van der Waals surface area contributed by atoms with Crippen molar-refractivity contribution in [2.24, 2.45) is 0 Å². The lowest BCUT2D eigenvalue weighted by Crippen LogP contribution is -2.32. The van der Waals surface area contributed by atoms with Gasteiger partial charge in [-0.2, -0.15) is 0 Å². The van der Waals surface area contributed by atoms with Crippen LogP contribution in [0.5, 0.6) is 0 Å². The monoisotopic (exact) mass is 284 g/mol. The first-order valence-corrected chi connectivity index (χ1v) is 6.56. The molecular weight excluding hydrogens is 270 g/mol. The molecule has 4 N–H and O–H groups in total. The van der Waals surface area contributed by atoms with Crippen LogP contribution in [0.3, 0.4) is 0 Å². The minimum atomic E-state index is -1.58. The fourth-order valence-electron chi connectivity index (χ4n) is 2.72. The second-order valence-electron chi connectivity index (χ2n) is 5.70. The molecular formula is C13H14B2N2O4. The predicted molar refractivity (Wildman–Crippen MR) is 79.2 cm³/mol. The summed E-state index contributed by atoms with van der Waals surface area (Å²) in [6.07, 6.45) is 2.82. The number of fused-ring (bicyclic) bond motifs is 3. The highest BCUT2D eigenvalue weighted by atomic mass is 16.4. The first-order valence-electron chi connectivity index (χ1n) is 6.56. The van der Waals surface area contributed by atoms with Gasteiger partial charge in [-0.1, -0.05) is 26.0 Å². The Kier molecular flexibility index (Phi) is 3.14. The molecule has 1 aliphatic carbocycles. The third kappa shape index (κ3) is 2.08. The fourth-order valence-corrected chi connectivity index (χ4v) is 2.72. The Morgan fingerprint density at radius 1 is 0.810 bits per heavy atom. The van der Waals surface area contributed by atoms with Crippen molar-refractivity contribution in [2.75, 3.05) is 0 Å². The molecule has 0 amide bonds. The van der Waals surface area contributed by atoms with Gasteiger partial charge in [-0.25, -0.2) is 0 Å². The Hall–Kier alpha value is -1.73. The molecule has 0 atom stereocenters. The average molecular weight is 284 g/mol. The Morgan fingerprint density at radius 3 is 1.52 bits per heavy atom. The zero-order chi connectivity index (χ0) is 15.4. The van der Waals surface area contributed by atoms with E-state index in [0.717, 1.165) is 11.1 Å². The van der Waals surface area contributed by atoms with Crippen LogP contribution in [0.15, 0.2) is 24.5 Å². The van der Waals surface area contributed by atoms with Crippen molar-refractivity contribution in [2.45, 2.75) is 19.3 Å². The third-order valence-electron chi connectivity index (χ3n) is 3.98. The molecule has 0 unspecified atom stereocenters. The second-order valence-corrected chi connectivity index (χ2v) is 5.70. The van der Waals surface area contributed by atoms with Crippen LogP contribution in [-0.2, 0) is 5.41 Å². The first kappa shape index (κ1) is 14.2. The third-order valence-corrected chi connectivity index (χ3v) is 3.98. The SMILES string of the molecule is CC1(C)c2cc(B(O)O)cnc2-c2ncc(B(O)O)cc21. The summed E-state index contributed by atoms with van der Waals surface area (Å²) < 4.78 is 0. The van der Waals surface area contributed by atoms with Gasteiger partial charge in [0.05, 0.1) is 11.4 Å². The number of nitrogens with zero attached hydrogens (tertiary/aromatic N) is 2. The summed E-state index contributed by atoms with van der Waals surface area (Å²) in [5.74, 6) is 0. The van der Waals surface area contributed by atoms with Gasteiger partial charge in [0.25, 0.3) is 0 Å². The predicted octanol–water partition coefficient (Wildman–Crippen LogP) is -1.86. The molecule has 8 heteroatoms. The van der Waals surface area contributed by atoms with Crippen LogP contribution in [0.25, 0.3) is 11.4 Å². The van der Waals surface area contributed by atoms with E-state index in [1.807, 2.05) is 13.8 Å². The maximum Gasteiger partial charge on any atom is 0.490 e. The lowest BCUT2D eigenvalue weighted by Gasteiger charge is -2.21. The van der Waals surface area contributed by atoms with Gasteiger partial charge in [0.1, 0.15) is 0 Å². The van der Waals surface area contributed by atoms with E-state index < -0.39 is 19.7 Å². The standard InChI is InChI=1S/C13H14B2N2O4/c1-13(2)9-3-7(14(18)19)5-16-11(9)12-10(13)4-8(6-17-12)15(20)21/h3-6,18-21H,1-2H3. The van der Waals surface area contributed by atoms with Gasteiger partial charge in [0.2, 0.25) is 0 Å². The molecule has 0 saturated heterocycles. The van der Waals surface area contributed by atoms with Gasteiger partial charge in [-0.15, -0.1) is 0 Å². The molecule has 1 aliphatic rings. The summed E-state index contributed by atoms with van der Waals surface area (Å²) in [4.78, 5) is 8.57. The van der Waals surface area contributed by atoms with Crippen molar-refractivity contribution in [1.29, 1.82) is 0 Å². The Bertz CT molecular complexity index is 660. The zero-order valence-corrected chi connectivity index (χ0v) is 11.6. The summed E-state index contributed by atoms with van der Waals surface area (Å²) in [5.41, 5.74) is 3.20. The Labute approximate surface area is 122 Å². The Balaban J connectivity index is 2.22. The van der Waals surface area contributed by atoms with Crippen molar-refractivity contribution in [3.8, 4) is 11.4 Å². The summed E-state index contributed by atoms with van der Waals surface area (Å²) in [7, 11) is -3.16. The van der Waals surface area contributed by atoms with E-state index in [1.165, 1.54) is 12.4 Å². The maximum absolute atomic E-state index is 9.29. The highest BCUT2D eigenvalue weighted by Crippen LogP contribution is 2.45. The quantitative estimate of drug-likeness (QED) is 0.482. The van der Waals surface area contributed by atoms with Crippen molar-refractivity contribution in [3.63, 3.8) is 0 Å². The van der Waals surface area contributed by atoms with Crippen molar-refractivity contribution < 1.29 is 20.1 Å². The van der Waals surface area contributed by atoms with Gasteiger partial charge < -0.3 is 20.1 Å². The molecule has 2 aromatic heterocycles. The van der Waals surface area contributed by atoms with Crippen LogP contribution >= 0.6 is 0 Å². The van der Waals surface area contributed by atoms with Crippen molar-refractivity contribution in [1.82, 2.24) is 9.97 Å². The van der Waals surface area contributed by atoms with Crippen LogP contribution in [0.4, 0.5) is 0 Å². The number of rotatable bonds is 2. The topological polar surface area (TPSA) is 107 Å². The highest BCUT2D eigenvalue weighted by Gasteiger charge is 2.39. The molecule has 0 fully saturated rings. The summed E-state index contributed by atoms with van der Waals surface area (Å²) in [5, 5.41) is 37.2. The first-order chi connectivity index (χ1) is 9.82. The van der Waals surface area contributed by atoms with Crippen LogP contribution in [0, 0.1) is 0 Å². The molecule has 0 aromatic carbocycles. The summed E-state index contributed by atoms with van der Waals surface area (Å²) in [6.45, 7) is 3.92. The number of hydrogen-bond acceptors (Lipinski definition) is 6. The van der Waals surface area contributed by atoms with E-state index in [-0.39, 0.29) is 0 Å². The van der Waals surface area contributed by atoms with Crippen LogP contribution in [0.1, 0.15) is 25.0 Å². The molecule has 6 nitrogen and oxygen atoms in total. The minimum absolute atomic E-state index is 0.317. The summed E-state index contributed by atoms with van der Waals surface area (Å²) >= 11 is 0. The fraction of sp³-hybridized carbons (Fsp3) is 0.231. The number of pyridine rings is 2. The van der Waals surface area contributed by atoms with Crippen LogP contribution in [0.2, 0.25) is 0 Å². The van der Waals surface area contributed by atoms with E-state index in [9.17, 15) is 20.1 Å². The van der Waals surface area contributed by atoms with Gasteiger partial charge in [0.15, 0.2) is 0 Å². The molecule has 106 valence electrons. The van der Waals surface area contributed by atoms with Crippen LogP contribution < -0.4 is 10.9 Å². The lowest BCUT2D eigenvalue weighted by molar-refractivity contribution is 0.424. The molecule has 0 radical (unpaired) electrons. The van der Waals surface area contributed by atoms with E-state index in [4.69, 9.17) is 0 Å². The van der Waals surface area contributed by atoms with Crippen molar-refractivity contribution >= 4 is 25.2 Å². The zero-order valence-electron chi connectivity index (χ0n) is 11.6. The molecule has 0 aliphatic heterocycles. The minimum Gasteiger partial charge on any atom is -0.423 e. The molecule has 2 aromatic rings. The average Bonchev–Trinajstić information content (AvgIpc) is 2.67. The van der Waals surface area contributed by atoms with Gasteiger partial charge in [-0.05, 0) is 11.1 Å². The van der Waals surface area contributed by atoms with Crippen LogP contribution in [-0.4, -0.2) is 44.3 Å². The van der Waals surface area contributed by atoms with Gasteiger partial charge >= 0.3 is 14.2 Å². The van der Waals surface area contributed by atoms with E-state index in [2.05, 4.69) is 9.97 Å². The normalized spacial score (nSPS) is 14.6. The Morgan fingerprint density at radius 2 is 1.19 bits per heavy atom. The molecule has 0 bridgehead atoms. The maximum atomic E-state index is 9.29. The molecule has 3 rings (SSSR count). The van der Waals surface area contributed by atoms with E-state index in [0.29, 0.717) is 22.3 Å². The largest absolute Gasteiger partial charge is 0.490 e. The summed E-state index contributed by atoms with van der Waals surface area (Å²) in [6, 6.07) is 3.40. The molecule has 21 heavy (non-hydrogen) atoms. The molecule has 2 heterocycles. The molecule has 0 spiro atoms. The molecule has 0 saturated carbocycles. The smallest absolute Gasteiger partial charge is 0.423 e. The number of aromatic nitrogens is 2. The highest BCUT2D eigenvalue weighted by molar-refractivity contribution is 6.59. The van der Waals surface area contributed by atoms with Crippen molar-refractivity contribution in [3.05, 3.63) is 35.7 Å². The lowest BCUT2D eigenvalue weighted by atomic mass is 9.75.